The number of hydrogen-bond donors (Lipinski definition) is 2. The van der Waals surface area contributed by atoms with Crippen molar-refractivity contribution in [3.8, 4) is 0 Å². The molecule has 3 aromatic rings. The van der Waals surface area contributed by atoms with Gasteiger partial charge in [-0.25, -0.2) is 14.8 Å². The number of hydrogen-bond acceptors (Lipinski definition) is 7. The molecule has 3 aromatic heterocycles. The number of carboxylic acid groups (broad SMARTS) is 1. The Kier molecular flexibility index (Phi) is 3.98. The number of carboxylic acids is 1. The summed E-state index contributed by atoms with van der Waals surface area (Å²) in [5.74, 6) is -0.282. The summed E-state index contributed by atoms with van der Waals surface area (Å²) in [5.41, 5.74) is 1.49. The molecule has 1 aliphatic rings. The second-order valence-corrected chi connectivity index (χ2v) is 8.20. The van der Waals surface area contributed by atoms with E-state index in [2.05, 4.69) is 33.7 Å². The van der Waals surface area contributed by atoms with Crippen LogP contribution in [-0.2, 0) is 16.8 Å². The lowest BCUT2D eigenvalue weighted by Crippen LogP contribution is -2.38. The fourth-order valence-electron chi connectivity index (χ4n) is 3.26. The lowest BCUT2D eigenvalue weighted by atomic mass is 9.93. The molecule has 4 heterocycles. The molecule has 130 valence electrons. The first-order valence-corrected chi connectivity index (χ1v) is 9.61. The van der Waals surface area contributed by atoms with E-state index in [4.69, 9.17) is 4.74 Å². The minimum absolute atomic E-state index is 0.304. The summed E-state index contributed by atoms with van der Waals surface area (Å²) in [4.78, 5) is 22.3. The Bertz CT molecular complexity index is 965. The monoisotopic (exact) mass is 375 g/mol. The molecule has 0 fully saturated rings. The van der Waals surface area contributed by atoms with Crippen LogP contribution in [-0.4, -0.2) is 34.2 Å². The zero-order valence-corrected chi connectivity index (χ0v) is 15.5. The van der Waals surface area contributed by atoms with Crippen molar-refractivity contribution in [1.29, 1.82) is 0 Å². The minimum Gasteiger partial charge on any atom is -0.477 e. The number of nitrogens with zero attached hydrogens (tertiary/aromatic N) is 2. The second kappa shape index (κ2) is 6.05. The SMILES string of the molecule is Cc1c(C(=O)O)sc2ncnc(NCC3(C)OCCc4sccc43)c12. The highest BCUT2D eigenvalue weighted by molar-refractivity contribution is 7.20. The van der Waals surface area contributed by atoms with Crippen LogP contribution < -0.4 is 5.32 Å². The molecule has 8 heteroatoms. The van der Waals surface area contributed by atoms with Gasteiger partial charge in [0, 0.05) is 17.8 Å². The molecule has 0 aliphatic carbocycles. The first-order chi connectivity index (χ1) is 12.0. The Labute approximate surface area is 152 Å². The first-order valence-electron chi connectivity index (χ1n) is 7.91. The van der Waals surface area contributed by atoms with Crippen molar-refractivity contribution in [3.63, 3.8) is 0 Å². The maximum Gasteiger partial charge on any atom is 0.346 e. The Balaban J connectivity index is 1.67. The van der Waals surface area contributed by atoms with Crippen molar-refractivity contribution in [1.82, 2.24) is 9.97 Å². The van der Waals surface area contributed by atoms with Crippen molar-refractivity contribution in [2.45, 2.75) is 25.9 Å². The standard InChI is InChI=1S/C17H17N3O3S2/c1-9-12-14(19-8-20-15(12)25-13(9)16(21)22)18-7-17(2)10-4-6-24-11(10)3-5-23-17/h4,6,8H,3,5,7H2,1-2H3,(H,21,22)(H,18,19,20). The van der Waals surface area contributed by atoms with E-state index in [1.807, 2.05) is 0 Å². The van der Waals surface area contributed by atoms with E-state index < -0.39 is 11.6 Å². The maximum absolute atomic E-state index is 11.4. The van der Waals surface area contributed by atoms with Crippen molar-refractivity contribution in [2.24, 2.45) is 0 Å². The fourth-order valence-corrected chi connectivity index (χ4v) is 5.23. The number of anilines is 1. The van der Waals surface area contributed by atoms with Crippen LogP contribution in [0, 0.1) is 6.92 Å². The molecule has 0 saturated carbocycles. The predicted octanol–water partition coefficient (Wildman–Crippen LogP) is 3.66. The Hall–Kier alpha value is -2.03. The first kappa shape index (κ1) is 16.4. The van der Waals surface area contributed by atoms with Crippen LogP contribution in [0.4, 0.5) is 5.82 Å². The van der Waals surface area contributed by atoms with Crippen molar-refractivity contribution in [3.05, 3.63) is 38.7 Å². The number of ether oxygens (including phenoxy) is 1. The van der Waals surface area contributed by atoms with Gasteiger partial charge < -0.3 is 15.2 Å². The van der Waals surface area contributed by atoms with Crippen molar-refractivity contribution in [2.75, 3.05) is 18.5 Å². The molecule has 1 aliphatic heterocycles. The number of aromatic nitrogens is 2. The largest absolute Gasteiger partial charge is 0.477 e. The van der Waals surface area contributed by atoms with Gasteiger partial charge in [-0.2, -0.15) is 0 Å². The third-order valence-corrected chi connectivity index (χ3v) is 6.75. The van der Waals surface area contributed by atoms with Crippen molar-refractivity contribution < 1.29 is 14.6 Å². The quantitative estimate of drug-likeness (QED) is 0.724. The summed E-state index contributed by atoms with van der Waals surface area (Å²) in [7, 11) is 0. The van der Waals surface area contributed by atoms with Gasteiger partial charge in [0.15, 0.2) is 0 Å². The van der Waals surface area contributed by atoms with Crippen LogP contribution in [0.25, 0.3) is 10.2 Å². The topological polar surface area (TPSA) is 84.3 Å². The summed E-state index contributed by atoms with van der Waals surface area (Å²) >= 11 is 2.94. The highest BCUT2D eigenvalue weighted by atomic mass is 32.1. The predicted molar refractivity (Wildman–Crippen MR) is 98.9 cm³/mol. The summed E-state index contributed by atoms with van der Waals surface area (Å²) in [6.07, 6.45) is 2.41. The highest BCUT2D eigenvalue weighted by Crippen LogP contribution is 2.37. The molecule has 0 saturated heterocycles. The van der Waals surface area contributed by atoms with Crippen LogP contribution in [0.3, 0.4) is 0 Å². The molecule has 1 unspecified atom stereocenters. The Morgan fingerprint density at radius 2 is 2.32 bits per heavy atom. The van der Waals surface area contributed by atoms with E-state index in [9.17, 15) is 9.90 Å². The Morgan fingerprint density at radius 3 is 3.12 bits per heavy atom. The average Bonchev–Trinajstić information content (AvgIpc) is 3.19. The molecular formula is C17H17N3O3S2. The van der Waals surface area contributed by atoms with E-state index >= 15 is 0 Å². The molecule has 0 aromatic carbocycles. The van der Waals surface area contributed by atoms with Gasteiger partial charge in [-0.15, -0.1) is 22.7 Å². The maximum atomic E-state index is 11.4. The number of aryl methyl sites for hydroxylation is 1. The number of carbonyl (C=O) groups is 1. The van der Waals surface area contributed by atoms with Gasteiger partial charge in [-0.1, -0.05) is 0 Å². The van der Waals surface area contributed by atoms with Crippen LogP contribution in [0.2, 0.25) is 0 Å². The number of fused-ring (bicyclic) bond motifs is 2. The summed E-state index contributed by atoms with van der Waals surface area (Å²) in [5, 5.41) is 15.6. The smallest absolute Gasteiger partial charge is 0.346 e. The van der Waals surface area contributed by atoms with Crippen LogP contribution >= 0.6 is 22.7 Å². The lowest BCUT2D eigenvalue weighted by molar-refractivity contribution is -0.0348. The van der Waals surface area contributed by atoms with E-state index in [1.165, 1.54) is 28.1 Å². The molecule has 0 amide bonds. The van der Waals surface area contributed by atoms with Crippen LogP contribution in [0.5, 0.6) is 0 Å². The third kappa shape index (κ3) is 2.70. The average molecular weight is 375 g/mol. The van der Waals surface area contributed by atoms with Gasteiger partial charge in [0.25, 0.3) is 0 Å². The van der Waals surface area contributed by atoms with E-state index in [0.29, 0.717) is 34.2 Å². The van der Waals surface area contributed by atoms with Gasteiger partial charge in [0.2, 0.25) is 0 Å². The zero-order chi connectivity index (χ0) is 17.6. The summed E-state index contributed by atoms with van der Waals surface area (Å²) < 4.78 is 6.07. The molecule has 6 nitrogen and oxygen atoms in total. The Morgan fingerprint density at radius 1 is 1.48 bits per heavy atom. The van der Waals surface area contributed by atoms with E-state index in [1.54, 1.807) is 18.3 Å². The molecule has 4 rings (SSSR count). The van der Waals surface area contributed by atoms with Crippen molar-refractivity contribution >= 4 is 44.7 Å². The van der Waals surface area contributed by atoms with Crippen LogP contribution in [0.1, 0.15) is 32.6 Å². The summed E-state index contributed by atoms with van der Waals surface area (Å²) in [6.45, 7) is 5.13. The normalized spacial score (nSPS) is 19.8. The molecule has 0 radical (unpaired) electrons. The fraction of sp³-hybridized carbons (Fsp3) is 0.353. The molecule has 1 atom stereocenters. The van der Waals surface area contributed by atoms with E-state index in [-0.39, 0.29) is 0 Å². The lowest BCUT2D eigenvalue weighted by Gasteiger charge is -2.34. The van der Waals surface area contributed by atoms with Gasteiger partial charge in [-0.05, 0) is 36.4 Å². The number of nitrogens with one attached hydrogen (secondary N) is 1. The zero-order valence-electron chi connectivity index (χ0n) is 13.8. The molecule has 2 N–H and O–H groups in total. The number of thiophene rings is 2. The van der Waals surface area contributed by atoms with Gasteiger partial charge >= 0.3 is 5.97 Å². The molecule has 0 spiro atoms. The minimum atomic E-state index is -0.933. The molecule has 25 heavy (non-hydrogen) atoms. The number of rotatable bonds is 4. The third-order valence-electron chi connectivity index (χ3n) is 4.58. The summed E-state index contributed by atoms with van der Waals surface area (Å²) in [6, 6.07) is 2.12. The molecular weight excluding hydrogens is 358 g/mol. The van der Waals surface area contributed by atoms with Gasteiger partial charge in [-0.3, -0.25) is 0 Å². The van der Waals surface area contributed by atoms with Crippen LogP contribution in [0.15, 0.2) is 17.8 Å². The second-order valence-electron chi connectivity index (χ2n) is 6.20. The number of aromatic carboxylic acids is 1. The molecule has 0 bridgehead atoms. The van der Waals surface area contributed by atoms with Gasteiger partial charge in [0.1, 0.15) is 27.5 Å². The van der Waals surface area contributed by atoms with Gasteiger partial charge in [0.05, 0.1) is 12.0 Å². The highest BCUT2D eigenvalue weighted by Gasteiger charge is 2.34. The van der Waals surface area contributed by atoms with E-state index in [0.717, 1.165) is 11.8 Å².